The van der Waals surface area contributed by atoms with Gasteiger partial charge in [-0.3, -0.25) is 0 Å². The van der Waals surface area contributed by atoms with Crippen LogP contribution in [-0.2, 0) is 4.74 Å². The van der Waals surface area contributed by atoms with Crippen molar-refractivity contribution in [2.75, 3.05) is 6.61 Å². The van der Waals surface area contributed by atoms with Gasteiger partial charge in [0.2, 0.25) is 0 Å². The van der Waals surface area contributed by atoms with Gasteiger partial charge in [0.15, 0.2) is 5.69 Å². The zero-order valence-corrected chi connectivity index (χ0v) is 10.1. The van der Waals surface area contributed by atoms with Gasteiger partial charge >= 0.3 is 5.97 Å². The Balaban J connectivity index is 2.32. The summed E-state index contributed by atoms with van der Waals surface area (Å²) in [6, 6.07) is 5.48. The Morgan fingerprint density at radius 2 is 2.00 bits per heavy atom. The smallest absolute Gasteiger partial charge is 0.361 e. The minimum Gasteiger partial charge on any atom is -0.461 e. The molecular weight excluding hydrogens is 256 g/mol. The SMILES string of the molecule is CCOC(=O)c1n[nH]nc1-c1ccc(C(F)F)cc1. The number of halogens is 2. The highest BCUT2D eigenvalue weighted by molar-refractivity contribution is 5.93. The lowest BCUT2D eigenvalue weighted by molar-refractivity contribution is 0.0520. The first-order valence-corrected chi connectivity index (χ1v) is 5.59. The molecule has 0 aliphatic heterocycles. The van der Waals surface area contributed by atoms with Crippen molar-refractivity contribution in [2.45, 2.75) is 13.3 Å². The average molecular weight is 267 g/mol. The van der Waals surface area contributed by atoms with Crippen molar-refractivity contribution in [1.82, 2.24) is 15.4 Å². The molecule has 0 atom stereocenters. The van der Waals surface area contributed by atoms with Crippen molar-refractivity contribution in [3.63, 3.8) is 0 Å². The van der Waals surface area contributed by atoms with Gasteiger partial charge in [-0.1, -0.05) is 24.3 Å². The van der Waals surface area contributed by atoms with Crippen molar-refractivity contribution in [3.05, 3.63) is 35.5 Å². The van der Waals surface area contributed by atoms with Gasteiger partial charge in [-0.05, 0) is 6.92 Å². The van der Waals surface area contributed by atoms with Crippen LogP contribution in [0.1, 0.15) is 29.4 Å². The summed E-state index contributed by atoms with van der Waals surface area (Å²) >= 11 is 0. The first kappa shape index (κ1) is 13.1. The van der Waals surface area contributed by atoms with Gasteiger partial charge in [-0.15, -0.1) is 5.10 Å². The molecular formula is C12H11F2N3O2. The number of benzene rings is 1. The third kappa shape index (κ3) is 2.75. The monoisotopic (exact) mass is 267 g/mol. The molecule has 7 heteroatoms. The van der Waals surface area contributed by atoms with Crippen molar-refractivity contribution in [3.8, 4) is 11.3 Å². The summed E-state index contributed by atoms with van der Waals surface area (Å²) in [5.74, 6) is -0.607. The Labute approximate surface area is 107 Å². The van der Waals surface area contributed by atoms with Crippen LogP contribution in [0.3, 0.4) is 0 Å². The summed E-state index contributed by atoms with van der Waals surface area (Å²) in [6.45, 7) is 1.89. The molecule has 2 rings (SSSR count). The maximum absolute atomic E-state index is 12.4. The Morgan fingerprint density at radius 3 is 2.58 bits per heavy atom. The number of aromatic amines is 1. The molecule has 0 aliphatic carbocycles. The van der Waals surface area contributed by atoms with Gasteiger partial charge in [0.1, 0.15) is 5.69 Å². The lowest BCUT2D eigenvalue weighted by atomic mass is 10.1. The highest BCUT2D eigenvalue weighted by atomic mass is 19.3. The third-order valence-electron chi connectivity index (χ3n) is 2.45. The van der Waals surface area contributed by atoms with E-state index in [0.29, 0.717) is 5.56 Å². The largest absolute Gasteiger partial charge is 0.461 e. The van der Waals surface area contributed by atoms with Crippen LogP contribution in [-0.4, -0.2) is 28.0 Å². The summed E-state index contributed by atoms with van der Waals surface area (Å²) in [5.41, 5.74) is 0.733. The second-order valence-corrected chi connectivity index (χ2v) is 3.66. The fourth-order valence-electron chi connectivity index (χ4n) is 1.56. The average Bonchev–Trinajstić information content (AvgIpc) is 2.88. The number of ether oxygens (including phenoxy) is 1. The zero-order valence-electron chi connectivity index (χ0n) is 10.1. The summed E-state index contributed by atoms with van der Waals surface area (Å²) in [6.07, 6.45) is -2.53. The minimum atomic E-state index is -2.53. The number of carbonyl (C=O) groups is 1. The number of H-pyrrole nitrogens is 1. The molecule has 100 valence electrons. The number of esters is 1. The molecule has 0 bridgehead atoms. The van der Waals surface area contributed by atoms with E-state index in [1.54, 1.807) is 6.92 Å². The summed E-state index contributed by atoms with van der Waals surface area (Å²) in [5, 5.41) is 9.87. The quantitative estimate of drug-likeness (QED) is 0.864. The normalized spacial score (nSPS) is 10.7. The number of hydrogen-bond acceptors (Lipinski definition) is 4. The molecule has 0 fully saturated rings. The second-order valence-electron chi connectivity index (χ2n) is 3.66. The fraction of sp³-hybridized carbons (Fsp3) is 0.250. The van der Waals surface area contributed by atoms with E-state index in [1.165, 1.54) is 24.3 Å². The molecule has 0 aliphatic rings. The van der Waals surface area contributed by atoms with Gasteiger partial charge in [0.25, 0.3) is 6.43 Å². The van der Waals surface area contributed by atoms with Gasteiger partial charge < -0.3 is 4.74 Å². The minimum absolute atomic E-state index is 0.0339. The maximum atomic E-state index is 12.4. The number of rotatable bonds is 4. The Kier molecular flexibility index (Phi) is 3.84. The Bertz CT molecular complexity index is 567. The number of carbonyl (C=O) groups excluding carboxylic acids is 1. The number of alkyl halides is 2. The van der Waals surface area contributed by atoms with Crippen LogP contribution in [0.2, 0.25) is 0 Å². The number of nitrogens with one attached hydrogen (secondary N) is 1. The first-order valence-electron chi connectivity index (χ1n) is 5.59. The first-order chi connectivity index (χ1) is 9.13. The lowest BCUT2D eigenvalue weighted by Crippen LogP contribution is -2.06. The van der Waals surface area contributed by atoms with Crippen molar-refractivity contribution in [2.24, 2.45) is 0 Å². The van der Waals surface area contributed by atoms with Gasteiger partial charge in [0.05, 0.1) is 6.61 Å². The van der Waals surface area contributed by atoms with E-state index in [4.69, 9.17) is 4.74 Å². The van der Waals surface area contributed by atoms with Crippen LogP contribution >= 0.6 is 0 Å². The molecule has 1 heterocycles. The molecule has 0 saturated carbocycles. The van der Waals surface area contributed by atoms with Crippen LogP contribution in [0.5, 0.6) is 0 Å². The summed E-state index contributed by atoms with van der Waals surface area (Å²) in [4.78, 5) is 11.6. The van der Waals surface area contributed by atoms with Crippen LogP contribution in [0.15, 0.2) is 24.3 Å². The predicted octanol–water partition coefficient (Wildman–Crippen LogP) is 2.59. The number of hydrogen-bond donors (Lipinski definition) is 1. The standard InChI is InChI=1S/C12H11F2N3O2/c1-2-19-12(18)10-9(15-17-16-10)7-3-5-8(6-4-7)11(13)14/h3-6,11H,2H2,1H3,(H,15,16,17). The van der Waals surface area contributed by atoms with Crippen LogP contribution in [0.4, 0.5) is 8.78 Å². The third-order valence-corrected chi connectivity index (χ3v) is 2.45. The maximum Gasteiger partial charge on any atom is 0.361 e. The Morgan fingerprint density at radius 1 is 1.32 bits per heavy atom. The lowest BCUT2D eigenvalue weighted by Gasteiger charge is -2.03. The van der Waals surface area contributed by atoms with Crippen LogP contribution in [0.25, 0.3) is 11.3 Å². The van der Waals surface area contributed by atoms with E-state index in [-0.39, 0.29) is 23.6 Å². The predicted molar refractivity (Wildman–Crippen MR) is 62.7 cm³/mol. The van der Waals surface area contributed by atoms with Crippen LogP contribution in [0, 0.1) is 0 Å². The number of nitrogens with zero attached hydrogens (tertiary/aromatic N) is 2. The topological polar surface area (TPSA) is 67.9 Å². The molecule has 0 spiro atoms. The van der Waals surface area contributed by atoms with E-state index in [0.717, 1.165) is 0 Å². The van der Waals surface area contributed by atoms with E-state index in [9.17, 15) is 13.6 Å². The Hall–Kier alpha value is -2.31. The van der Waals surface area contributed by atoms with E-state index in [2.05, 4.69) is 15.4 Å². The summed E-state index contributed by atoms with van der Waals surface area (Å²) < 4.78 is 29.7. The van der Waals surface area contributed by atoms with Gasteiger partial charge in [0, 0.05) is 11.1 Å². The molecule has 1 N–H and O–H groups in total. The molecule has 0 unspecified atom stereocenters. The van der Waals surface area contributed by atoms with E-state index < -0.39 is 12.4 Å². The van der Waals surface area contributed by atoms with Crippen molar-refractivity contribution < 1.29 is 18.3 Å². The van der Waals surface area contributed by atoms with Crippen molar-refractivity contribution >= 4 is 5.97 Å². The molecule has 5 nitrogen and oxygen atoms in total. The fourth-order valence-corrected chi connectivity index (χ4v) is 1.56. The second kappa shape index (κ2) is 5.55. The van der Waals surface area contributed by atoms with E-state index in [1.807, 2.05) is 0 Å². The van der Waals surface area contributed by atoms with Gasteiger partial charge in [-0.25, -0.2) is 13.6 Å². The molecule has 0 saturated heterocycles. The highest BCUT2D eigenvalue weighted by Crippen LogP contribution is 2.24. The highest BCUT2D eigenvalue weighted by Gasteiger charge is 2.19. The molecule has 2 aromatic rings. The van der Waals surface area contributed by atoms with E-state index >= 15 is 0 Å². The molecule has 0 amide bonds. The zero-order chi connectivity index (χ0) is 13.8. The van der Waals surface area contributed by atoms with Crippen LogP contribution < -0.4 is 0 Å². The molecule has 1 aromatic heterocycles. The van der Waals surface area contributed by atoms with Gasteiger partial charge in [-0.2, -0.15) is 10.3 Å². The summed E-state index contributed by atoms with van der Waals surface area (Å²) in [7, 11) is 0. The van der Waals surface area contributed by atoms with Crippen molar-refractivity contribution in [1.29, 1.82) is 0 Å². The number of aromatic nitrogens is 3. The molecule has 19 heavy (non-hydrogen) atoms. The molecule has 1 aromatic carbocycles. The molecule has 0 radical (unpaired) electrons.